The number of carbonyl (C=O) groups is 2. The molecule has 1 aliphatic heterocycles. The minimum atomic E-state index is -0.782. The summed E-state index contributed by atoms with van der Waals surface area (Å²) in [5.41, 5.74) is 0. The Kier molecular flexibility index (Phi) is 6.95. The number of hydrogen-bond donors (Lipinski definition) is 1. The van der Waals surface area contributed by atoms with Crippen LogP contribution in [-0.2, 0) is 9.53 Å². The van der Waals surface area contributed by atoms with Crippen LogP contribution in [0, 0.1) is 5.92 Å². The van der Waals surface area contributed by atoms with E-state index in [1.165, 1.54) is 0 Å². The average Bonchev–Trinajstić information content (AvgIpc) is 2.79. The number of unbranched alkanes of at least 4 members (excludes halogenated alkanes) is 2. The van der Waals surface area contributed by atoms with Gasteiger partial charge < -0.3 is 9.84 Å². The van der Waals surface area contributed by atoms with Crippen LogP contribution >= 0.6 is 15.9 Å². The molecular formula is C14H24BrNO4. The van der Waals surface area contributed by atoms with Crippen LogP contribution in [0.4, 0.5) is 4.79 Å². The molecule has 0 unspecified atom stereocenters. The summed E-state index contributed by atoms with van der Waals surface area (Å²) in [4.78, 5) is 24.4. The van der Waals surface area contributed by atoms with Crippen molar-refractivity contribution >= 4 is 27.9 Å². The van der Waals surface area contributed by atoms with Crippen molar-refractivity contribution in [2.45, 2.75) is 63.4 Å². The molecule has 0 saturated carbocycles. The Morgan fingerprint density at radius 1 is 1.50 bits per heavy atom. The molecule has 0 aliphatic carbocycles. The number of nitrogens with zero attached hydrogens (tertiary/aromatic N) is 1. The van der Waals surface area contributed by atoms with Crippen LogP contribution in [0.3, 0.4) is 0 Å². The molecule has 1 heterocycles. The van der Waals surface area contributed by atoms with E-state index in [9.17, 15) is 14.7 Å². The minimum Gasteiger partial charge on any atom is -0.447 e. The molecule has 20 heavy (non-hydrogen) atoms. The summed E-state index contributed by atoms with van der Waals surface area (Å²) in [5, 5.41) is 10.0. The maximum atomic E-state index is 12.4. The predicted octanol–water partition coefficient (Wildman–Crippen LogP) is 2.69. The molecule has 2 amide bonds. The topological polar surface area (TPSA) is 66.8 Å². The van der Waals surface area contributed by atoms with Crippen LogP contribution in [0.1, 0.15) is 46.5 Å². The van der Waals surface area contributed by atoms with Crippen molar-refractivity contribution in [3.8, 4) is 0 Å². The first-order chi connectivity index (χ1) is 9.40. The maximum Gasteiger partial charge on any atom is 0.417 e. The van der Waals surface area contributed by atoms with Crippen molar-refractivity contribution < 1.29 is 19.4 Å². The fourth-order valence-electron chi connectivity index (χ4n) is 2.23. The van der Waals surface area contributed by atoms with E-state index in [2.05, 4.69) is 22.9 Å². The Hall–Kier alpha value is -0.620. The van der Waals surface area contributed by atoms with E-state index in [1.807, 2.05) is 13.8 Å². The average molecular weight is 350 g/mol. The van der Waals surface area contributed by atoms with Crippen LogP contribution < -0.4 is 0 Å². The molecule has 116 valence electrons. The van der Waals surface area contributed by atoms with Crippen LogP contribution in [-0.4, -0.2) is 45.6 Å². The summed E-state index contributed by atoms with van der Waals surface area (Å²) >= 11 is 3.23. The second-order valence-electron chi connectivity index (χ2n) is 5.56. The van der Waals surface area contributed by atoms with Crippen molar-refractivity contribution in [1.29, 1.82) is 0 Å². The Morgan fingerprint density at radius 3 is 2.70 bits per heavy atom. The molecule has 1 rings (SSSR count). The monoisotopic (exact) mass is 349 g/mol. The summed E-state index contributed by atoms with van der Waals surface area (Å²) in [6.07, 6.45) is 2.09. The van der Waals surface area contributed by atoms with Gasteiger partial charge in [0.25, 0.3) is 0 Å². The zero-order chi connectivity index (χ0) is 15.3. The fourth-order valence-corrected chi connectivity index (χ4v) is 2.71. The number of imide groups is 1. The van der Waals surface area contributed by atoms with E-state index in [-0.39, 0.29) is 18.6 Å². The molecule has 0 aromatic carbocycles. The number of aliphatic hydroxyl groups is 1. The van der Waals surface area contributed by atoms with Crippen molar-refractivity contribution in [2.75, 3.05) is 6.61 Å². The molecule has 1 N–H and O–H groups in total. The number of alkyl halides is 1. The van der Waals surface area contributed by atoms with E-state index in [0.717, 1.165) is 24.2 Å². The van der Waals surface area contributed by atoms with Gasteiger partial charge in [0.1, 0.15) is 11.4 Å². The fraction of sp³-hybridized carbons (Fsp3) is 0.857. The van der Waals surface area contributed by atoms with Gasteiger partial charge in [-0.1, -0.05) is 56.0 Å². The molecule has 0 radical (unpaired) electrons. The van der Waals surface area contributed by atoms with Crippen LogP contribution in [0.25, 0.3) is 0 Å². The van der Waals surface area contributed by atoms with Gasteiger partial charge >= 0.3 is 6.09 Å². The number of cyclic esters (lactones) is 1. The molecule has 5 nitrogen and oxygen atoms in total. The molecule has 1 saturated heterocycles. The predicted molar refractivity (Wildman–Crippen MR) is 79.7 cm³/mol. The van der Waals surface area contributed by atoms with E-state index >= 15 is 0 Å². The van der Waals surface area contributed by atoms with E-state index in [1.54, 1.807) is 0 Å². The molecule has 0 aromatic rings. The van der Waals surface area contributed by atoms with Gasteiger partial charge in [0.2, 0.25) is 5.91 Å². The van der Waals surface area contributed by atoms with Crippen molar-refractivity contribution in [3.63, 3.8) is 0 Å². The number of hydrogen-bond acceptors (Lipinski definition) is 4. The zero-order valence-electron chi connectivity index (χ0n) is 12.3. The largest absolute Gasteiger partial charge is 0.447 e. The highest BCUT2D eigenvalue weighted by atomic mass is 79.9. The van der Waals surface area contributed by atoms with E-state index < -0.39 is 22.9 Å². The second-order valence-corrected chi connectivity index (χ2v) is 6.55. The van der Waals surface area contributed by atoms with Gasteiger partial charge in [-0.2, -0.15) is 0 Å². The highest BCUT2D eigenvalue weighted by Gasteiger charge is 2.42. The van der Waals surface area contributed by atoms with Gasteiger partial charge in [-0.05, 0) is 12.3 Å². The first kappa shape index (κ1) is 17.4. The Morgan fingerprint density at radius 2 is 2.15 bits per heavy atom. The van der Waals surface area contributed by atoms with Crippen molar-refractivity contribution in [2.24, 2.45) is 5.92 Å². The summed E-state index contributed by atoms with van der Waals surface area (Å²) < 4.78 is 4.95. The summed E-state index contributed by atoms with van der Waals surface area (Å²) in [5.74, 6) is -0.280. The van der Waals surface area contributed by atoms with Gasteiger partial charge in [-0.15, -0.1) is 0 Å². The van der Waals surface area contributed by atoms with E-state index in [0.29, 0.717) is 6.42 Å². The number of halogens is 1. The molecule has 1 aliphatic rings. The third-order valence-electron chi connectivity index (χ3n) is 3.59. The molecule has 1 fully saturated rings. The zero-order valence-corrected chi connectivity index (χ0v) is 13.9. The summed E-state index contributed by atoms with van der Waals surface area (Å²) in [6.45, 7) is 6.19. The van der Waals surface area contributed by atoms with Gasteiger partial charge in [0, 0.05) is 0 Å². The van der Waals surface area contributed by atoms with Crippen molar-refractivity contribution in [3.05, 3.63) is 0 Å². The molecule has 6 heteroatoms. The molecule has 3 atom stereocenters. The van der Waals surface area contributed by atoms with Crippen LogP contribution in [0.5, 0.6) is 0 Å². The first-order valence-electron chi connectivity index (χ1n) is 7.22. The van der Waals surface area contributed by atoms with Gasteiger partial charge in [-0.25, -0.2) is 9.69 Å². The molecular weight excluding hydrogens is 326 g/mol. The number of rotatable bonds is 7. The van der Waals surface area contributed by atoms with Gasteiger partial charge in [0.05, 0.1) is 12.1 Å². The standard InChI is InChI=1S/C14H24BrNO4/c1-4-5-6-7-11(17)12(15)13(18)16-10(9(2)3)8-20-14(16)19/h9-12,17H,4-8H2,1-3H3/t10-,11+,12+/m1/s1. The lowest BCUT2D eigenvalue weighted by atomic mass is 10.0. The normalized spacial score (nSPS) is 22.0. The SMILES string of the molecule is CCCCC[C@H](O)[C@H](Br)C(=O)N1C(=O)OC[C@@H]1C(C)C. The number of aliphatic hydroxyl groups excluding tert-OH is 1. The lowest BCUT2D eigenvalue weighted by Crippen LogP contribution is -2.48. The van der Waals surface area contributed by atoms with Gasteiger partial charge in [0.15, 0.2) is 0 Å². The number of ether oxygens (including phenoxy) is 1. The molecule has 0 bridgehead atoms. The maximum absolute atomic E-state index is 12.4. The minimum absolute atomic E-state index is 0.127. The number of carbonyl (C=O) groups excluding carboxylic acids is 2. The Bertz CT molecular complexity index is 348. The first-order valence-corrected chi connectivity index (χ1v) is 8.13. The third-order valence-corrected chi connectivity index (χ3v) is 4.59. The molecule has 0 aromatic heterocycles. The lowest BCUT2D eigenvalue weighted by molar-refractivity contribution is -0.130. The highest BCUT2D eigenvalue weighted by molar-refractivity contribution is 9.10. The lowest BCUT2D eigenvalue weighted by Gasteiger charge is -2.26. The smallest absolute Gasteiger partial charge is 0.417 e. The molecule has 0 spiro atoms. The number of amides is 2. The summed E-state index contributed by atoms with van der Waals surface area (Å²) in [6, 6.07) is -0.252. The Balaban J connectivity index is 2.64. The van der Waals surface area contributed by atoms with Crippen LogP contribution in [0.2, 0.25) is 0 Å². The Labute approximate surface area is 128 Å². The van der Waals surface area contributed by atoms with E-state index in [4.69, 9.17) is 4.74 Å². The quantitative estimate of drug-likeness (QED) is 0.566. The third kappa shape index (κ3) is 4.19. The van der Waals surface area contributed by atoms with Crippen LogP contribution in [0.15, 0.2) is 0 Å². The van der Waals surface area contributed by atoms with Gasteiger partial charge in [-0.3, -0.25) is 4.79 Å². The highest BCUT2D eigenvalue weighted by Crippen LogP contribution is 2.24. The van der Waals surface area contributed by atoms with Crippen molar-refractivity contribution in [1.82, 2.24) is 4.90 Å². The summed E-state index contributed by atoms with van der Waals surface area (Å²) in [7, 11) is 0. The second kappa shape index (κ2) is 7.98.